The molecule has 0 bridgehead atoms. The van der Waals surface area contributed by atoms with Crippen LogP contribution in [-0.4, -0.2) is 57.0 Å². The molecule has 8 heteroatoms. The monoisotopic (exact) mass is 377 g/mol. The Morgan fingerprint density at radius 2 is 2.19 bits per heavy atom. The van der Waals surface area contributed by atoms with Crippen molar-refractivity contribution in [1.82, 2.24) is 4.90 Å². The number of carbonyl (C=O) groups excluding carboxylic acids is 1. The Hall–Kier alpha value is -2.37. The standard InChI is InChI=1S/C18H23N3O4S/c1-14-5-3-4-6-17(14)20-18(22)15(11-19)12-21(8-9-25-2)16-7-10-26(23,24)13-16/h3-6,12,16H,7-10,13H2,1-2H3,(H,20,22)/b15-12-. The van der Waals surface area contributed by atoms with Crippen LogP contribution in [0.2, 0.25) is 0 Å². The molecule has 7 nitrogen and oxygen atoms in total. The summed E-state index contributed by atoms with van der Waals surface area (Å²) in [6, 6.07) is 8.93. The van der Waals surface area contributed by atoms with Crippen LogP contribution in [0.25, 0.3) is 0 Å². The molecule has 140 valence electrons. The van der Waals surface area contributed by atoms with Crippen molar-refractivity contribution in [1.29, 1.82) is 5.26 Å². The van der Waals surface area contributed by atoms with E-state index in [-0.39, 0.29) is 23.1 Å². The molecule has 1 saturated heterocycles. The highest BCUT2D eigenvalue weighted by molar-refractivity contribution is 7.91. The molecule has 1 aromatic rings. The number of ether oxygens (including phenoxy) is 1. The summed E-state index contributed by atoms with van der Waals surface area (Å²) < 4.78 is 28.6. The Morgan fingerprint density at radius 1 is 1.46 bits per heavy atom. The number of amides is 1. The van der Waals surface area contributed by atoms with Gasteiger partial charge in [0.1, 0.15) is 11.6 Å². The van der Waals surface area contributed by atoms with Gasteiger partial charge in [0.15, 0.2) is 9.84 Å². The first-order valence-electron chi connectivity index (χ1n) is 8.30. The molecule has 1 aliphatic rings. The quantitative estimate of drug-likeness (QED) is 0.571. The molecular weight excluding hydrogens is 354 g/mol. The lowest BCUT2D eigenvalue weighted by atomic mass is 10.2. The third-order valence-electron chi connectivity index (χ3n) is 4.28. The zero-order valence-corrected chi connectivity index (χ0v) is 15.8. The van der Waals surface area contributed by atoms with Crippen LogP contribution in [0.15, 0.2) is 36.0 Å². The molecule has 1 aromatic carbocycles. The topological polar surface area (TPSA) is 99.5 Å². The van der Waals surface area contributed by atoms with Crippen molar-refractivity contribution in [2.45, 2.75) is 19.4 Å². The van der Waals surface area contributed by atoms with Gasteiger partial charge in [-0.05, 0) is 25.0 Å². The smallest absolute Gasteiger partial charge is 0.267 e. The summed E-state index contributed by atoms with van der Waals surface area (Å²) in [6.45, 7) is 2.63. The lowest BCUT2D eigenvalue weighted by Crippen LogP contribution is -2.35. The summed E-state index contributed by atoms with van der Waals surface area (Å²) in [5, 5.41) is 12.1. The number of methoxy groups -OCH3 is 1. The SMILES string of the molecule is COCCN(/C=C(/C#N)C(=O)Nc1ccccc1C)C1CCS(=O)(=O)C1. The van der Waals surface area contributed by atoms with Crippen LogP contribution in [0.1, 0.15) is 12.0 Å². The number of nitrogens with zero attached hydrogens (tertiary/aromatic N) is 2. The molecule has 1 N–H and O–H groups in total. The molecule has 26 heavy (non-hydrogen) atoms. The van der Waals surface area contributed by atoms with E-state index in [1.165, 1.54) is 6.20 Å². The number of nitriles is 1. The molecule has 1 aliphatic heterocycles. The normalized spacial score (nSPS) is 19.0. The highest BCUT2D eigenvalue weighted by atomic mass is 32.2. The van der Waals surface area contributed by atoms with Gasteiger partial charge < -0.3 is 15.0 Å². The highest BCUT2D eigenvalue weighted by Gasteiger charge is 2.31. The minimum Gasteiger partial charge on any atom is -0.383 e. The number of carbonyl (C=O) groups is 1. The summed E-state index contributed by atoms with van der Waals surface area (Å²) in [5.74, 6) is -0.387. The molecule has 0 spiro atoms. The van der Waals surface area contributed by atoms with Crippen molar-refractivity contribution in [2.24, 2.45) is 0 Å². The Balaban J connectivity index is 2.20. The molecule has 0 radical (unpaired) electrons. The Morgan fingerprint density at radius 3 is 2.77 bits per heavy atom. The van der Waals surface area contributed by atoms with E-state index in [4.69, 9.17) is 4.74 Å². The van der Waals surface area contributed by atoms with Gasteiger partial charge in [0.2, 0.25) is 0 Å². The fourth-order valence-corrected chi connectivity index (χ4v) is 4.54. The molecule has 2 rings (SSSR count). The van der Waals surface area contributed by atoms with Crippen molar-refractivity contribution in [2.75, 3.05) is 37.1 Å². The molecule has 0 saturated carbocycles. The molecule has 1 unspecified atom stereocenters. The Bertz CT molecular complexity index is 827. The first kappa shape index (κ1) is 19.9. The third-order valence-corrected chi connectivity index (χ3v) is 6.03. The summed E-state index contributed by atoms with van der Waals surface area (Å²) >= 11 is 0. The van der Waals surface area contributed by atoms with Gasteiger partial charge in [-0.3, -0.25) is 4.79 Å². The number of benzene rings is 1. The van der Waals surface area contributed by atoms with E-state index < -0.39 is 15.7 Å². The largest absolute Gasteiger partial charge is 0.383 e. The number of anilines is 1. The predicted octanol–water partition coefficient (Wildman–Crippen LogP) is 1.48. The van der Waals surface area contributed by atoms with Crippen LogP contribution in [-0.2, 0) is 19.4 Å². The van der Waals surface area contributed by atoms with Crippen LogP contribution in [0.4, 0.5) is 5.69 Å². The molecule has 1 heterocycles. The maximum Gasteiger partial charge on any atom is 0.267 e. The van der Waals surface area contributed by atoms with Gasteiger partial charge in [-0.1, -0.05) is 18.2 Å². The van der Waals surface area contributed by atoms with Crippen LogP contribution in [0.5, 0.6) is 0 Å². The number of aryl methyl sites for hydroxylation is 1. The number of hydrogen-bond acceptors (Lipinski definition) is 6. The number of nitrogens with one attached hydrogen (secondary N) is 1. The van der Waals surface area contributed by atoms with Gasteiger partial charge in [-0.2, -0.15) is 5.26 Å². The summed E-state index contributed by atoms with van der Waals surface area (Å²) in [6.07, 6.45) is 1.92. The lowest BCUT2D eigenvalue weighted by Gasteiger charge is -2.26. The second kappa shape index (κ2) is 8.83. The van der Waals surface area contributed by atoms with Crippen LogP contribution in [0.3, 0.4) is 0 Å². The Kier molecular flexibility index (Phi) is 6.77. The van der Waals surface area contributed by atoms with Crippen molar-refractivity contribution in [3.8, 4) is 6.07 Å². The van der Waals surface area contributed by atoms with E-state index in [2.05, 4.69) is 5.32 Å². The van der Waals surface area contributed by atoms with E-state index in [9.17, 15) is 18.5 Å². The fourth-order valence-electron chi connectivity index (χ4n) is 2.79. The number of sulfone groups is 1. The first-order valence-corrected chi connectivity index (χ1v) is 10.1. The summed E-state index contributed by atoms with van der Waals surface area (Å²) in [7, 11) is -1.53. The zero-order valence-electron chi connectivity index (χ0n) is 14.9. The number of hydrogen-bond donors (Lipinski definition) is 1. The van der Waals surface area contributed by atoms with Gasteiger partial charge in [0.25, 0.3) is 5.91 Å². The van der Waals surface area contributed by atoms with Crippen LogP contribution >= 0.6 is 0 Å². The van der Waals surface area contributed by atoms with Crippen molar-refractivity contribution in [3.63, 3.8) is 0 Å². The third kappa shape index (κ3) is 5.31. The summed E-state index contributed by atoms with van der Waals surface area (Å²) in [5.41, 5.74) is 1.44. The second-order valence-electron chi connectivity index (χ2n) is 6.21. The van der Waals surface area contributed by atoms with Gasteiger partial charge in [0.05, 0.1) is 18.1 Å². The molecule has 1 atom stereocenters. The molecular formula is C18H23N3O4S. The first-order chi connectivity index (χ1) is 12.4. The van der Waals surface area contributed by atoms with Crippen molar-refractivity contribution < 1.29 is 17.9 Å². The van der Waals surface area contributed by atoms with Crippen molar-refractivity contribution >= 4 is 21.4 Å². The van der Waals surface area contributed by atoms with Gasteiger partial charge in [-0.15, -0.1) is 0 Å². The van der Waals surface area contributed by atoms with Crippen molar-refractivity contribution in [3.05, 3.63) is 41.6 Å². The minimum atomic E-state index is -3.08. The van der Waals surface area contributed by atoms with Gasteiger partial charge >= 0.3 is 0 Å². The molecule has 0 aliphatic carbocycles. The van der Waals surface area contributed by atoms with E-state index in [1.54, 1.807) is 24.1 Å². The minimum absolute atomic E-state index is 0.0192. The van der Waals surface area contributed by atoms with E-state index >= 15 is 0 Å². The summed E-state index contributed by atoms with van der Waals surface area (Å²) in [4.78, 5) is 14.2. The maximum atomic E-state index is 12.5. The molecule has 0 aromatic heterocycles. The van der Waals surface area contributed by atoms with Gasteiger partial charge in [0, 0.05) is 31.6 Å². The average molecular weight is 377 g/mol. The highest BCUT2D eigenvalue weighted by Crippen LogP contribution is 2.20. The second-order valence-corrected chi connectivity index (χ2v) is 8.44. The zero-order chi connectivity index (χ0) is 19.2. The molecule has 1 amide bonds. The number of rotatable bonds is 7. The number of para-hydroxylation sites is 1. The Labute approximate surface area is 154 Å². The fraction of sp³-hybridized carbons (Fsp3) is 0.444. The van der Waals surface area contributed by atoms with Crippen LogP contribution in [0, 0.1) is 18.3 Å². The maximum absolute atomic E-state index is 12.5. The predicted molar refractivity (Wildman–Crippen MR) is 99.1 cm³/mol. The average Bonchev–Trinajstić information content (AvgIpc) is 2.97. The van der Waals surface area contributed by atoms with Crippen LogP contribution < -0.4 is 5.32 Å². The van der Waals surface area contributed by atoms with Gasteiger partial charge in [-0.25, -0.2) is 8.42 Å². The van der Waals surface area contributed by atoms with E-state index in [0.717, 1.165) is 5.56 Å². The van der Waals surface area contributed by atoms with E-state index in [0.29, 0.717) is 25.3 Å². The molecule has 1 fully saturated rings. The lowest BCUT2D eigenvalue weighted by molar-refractivity contribution is -0.112. The van der Waals surface area contributed by atoms with E-state index in [1.807, 2.05) is 25.1 Å².